The van der Waals surface area contributed by atoms with Gasteiger partial charge in [0.25, 0.3) is 10.0 Å². The summed E-state index contributed by atoms with van der Waals surface area (Å²) in [6.45, 7) is 8.92. The van der Waals surface area contributed by atoms with E-state index >= 15 is 4.39 Å². The Morgan fingerprint density at radius 2 is 1.45 bits per heavy atom. The lowest BCUT2D eigenvalue weighted by Gasteiger charge is -2.34. The van der Waals surface area contributed by atoms with Gasteiger partial charge in [0.05, 0.1) is 10.6 Å². The number of rotatable bonds is 14. The highest BCUT2D eigenvalue weighted by Crippen LogP contribution is 2.27. The van der Waals surface area contributed by atoms with Gasteiger partial charge in [0.2, 0.25) is 11.8 Å². The number of nitrogens with zero attached hydrogens (tertiary/aromatic N) is 2. The number of carbonyl (C=O) groups is 2. The summed E-state index contributed by atoms with van der Waals surface area (Å²) in [4.78, 5) is 29.8. The number of amides is 2. The molecule has 0 aliphatic heterocycles. The molecule has 4 rings (SSSR count). The van der Waals surface area contributed by atoms with Gasteiger partial charge in [-0.2, -0.15) is 0 Å². The van der Waals surface area contributed by atoms with Gasteiger partial charge in [0.1, 0.15) is 18.4 Å². The second-order valence-corrected chi connectivity index (χ2v) is 14.1. The molecule has 0 saturated carbocycles. The molecule has 0 aromatic heterocycles. The number of carbonyl (C=O) groups excluding carboxylic acids is 2. The van der Waals surface area contributed by atoms with E-state index in [1.54, 1.807) is 42.5 Å². The van der Waals surface area contributed by atoms with Gasteiger partial charge in [0, 0.05) is 24.6 Å². The lowest BCUT2D eigenvalue weighted by Crippen LogP contribution is -2.54. The summed E-state index contributed by atoms with van der Waals surface area (Å²) in [6, 6.07) is 27.6. The average Bonchev–Trinajstić information content (AvgIpc) is 3.06. The van der Waals surface area contributed by atoms with Gasteiger partial charge in [-0.15, -0.1) is 0 Å². The minimum absolute atomic E-state index is 0.0276. The van der Waals surface area contributed by atoms with Crippen LogP contribution in [0.1, 0.15) is 62.3 Å². The highest BCUT2D eigenvalue weighted by Gasteiger charge is 2.35. The molecular weight excluding hydrogens is 614 g/mol. The summed E-state index contributed by atoms with van der Waals surface area (Å²) in [5.41, 5.74) is 3.22. The van der Waals surface area contributed by atoms with Crippen LogP contribution in [0.2, 0.25) is 0 Å². The Balaban J connectivity index is 1.82. The van der Waals surface area contributed by atoms with Crippen LogP contribution in [0.3, 0.4) is 0 Å². The maximum atomic E-state index is 15.1. The summed E-state index contributed by atoms with van der Waals surface area (Å²) in [5.74, 6) is -1.36. The number of hydrogen-bond donors (Lipinski definition) is 1. The highest BCUT2D eigenvalue weighted by atomic mass is 32.2. The van der Waals surface area contributed by atoms with Crippen molar-refractivity contribution in [2.75, 3.05) is 10.8 Å². The first kappa shape index (κ1) is 35.4. The molecule has 0 heterocycles. The van der Waals surface area contributed by atoms with E-state index in [0.29, 0.717) is 12.1 Å². The van der Waals surface area contributed by atoms with Crippen LogP contribution in [0.5, 0.6) is 0 Å². The topological polar surface area (TPSA) is 86.8 Å². The first-order chi connectivity index (χ1) is 22.4. The second kappa shape index (κ2) is 15.9. The molecule has 4 aromatic rings. The lowest BCUT2D eigenvalue weighted by molar-refractivity contribution is -0.140. The number of nitrogens with one attached hydrogen (secondary N) is 1. The Morgan fingerprint density at radius 1 is 0.830 bits per heavy atom. The summed E-state index contributed by atoms with van der Waals surface area (Å²) in [7, 11) is -4.23. The SMILES string of the molecule is CC[C@H](C)NC(=O)[C@@H](Cc1ccccc1)N(Cc1ccccc1F)C(=O)CN(c1ccc(C(C)C)cc1)S(=O)(=O)c1ccc(C)cc1. The van der Waals surface area contributed by atoms with E-state index in [9.17, 15) is 18.0 Å². The summed E-state index contributed by atoms with van der Waals surface area (Å²) in [6.07, 6.45) is 0.817. The number of hydrogen-bond acceptors (Lipinski definition) is 4. The monoisotopic (exact) mass is 657 g/mol. The molecule has 0 aliphatic rings. The number of benzene rings is 4. The standard InChI is InChI=1S/C38H44FN3O4S/c1-6-29(5)40-38(44)36(24-30-12-8-7-9-13-30)41(25-32-14-10-11-15-35(32)39)37(43)26-42(33-20-18-31(19-21-33)27(2)3)47(45,46)34-22-16-28(4)17-23-34/h7-23,27,29,36H,6,24-26H2,1-5H3,(H,40,44)/t29-,36+/m0/s1. The van der Waals surface area contributed by atoms with Gasteiger partial charge in [-0.3, -0.25) is 13.9 Å². The Morgan fingerprint density at radius 3 is 2.04 bits per heavy atom. The maximum Gasteiger partial charge on any atom is 0.264 e. The minimum Gasteiger partial charge on any atom is -0.352 e. The minimum atomic E-state index is -4.23. The third-order valence-electron chi connectivity index (χ3n) is 8.31. The van der Waals surface area contributed by atoms with Crippen LogP contribution in [0, 0.1) is 12.7 Å². The molecular formula is C38H44FN3O4S. The Labute approximate surface area is 278 Å². The van der Waals surface area contributed by atoms with E-state index in [2.05, 4.69) is 5.32 Å². The highest BCUT2D eigenvalue weighted by molar-refractivity contribution is 7.92. The van der Waals surface area contributed by atoms with Gasteiger partial charge in [-0.1, -0.05) is 99.1 Å². The van der Waals surface area contributed by atoms with Crippen molar-refractivity contribution in [2.45, 2.75) is 76.9 Å². The van der Waals surface area contributed by atoms with Crippen molar-refractivity contribution in [3.8, 4) is 0 Å². The van der Waals surface area contributed by atoms with Crippen molar-refractivity contribution >= 4 is 27.5 Å². The second-order valence-electron chi connectivity index (χ2n) is 12.2. The maximum absolute atomic E-state index is 15.1. The Hall–Kier alpha value is -4.50. The van der Waals surface area contributed by atoms with Gasteiger partial charge in [0.15, 0.2) is 0 Å². The fourth-order valence-electron chi connectivity index (χ4n) is 5.20. The van der Waals surface area contributed by atoms with E-state index in [4.69, 9.17) is 0 Å². The van der Waals surface area contributed by atoms with E-state index < -0.39 is 40.2 Å². The van der Waals surface area contributed by atoms with Crippen LogP contribution < -0.4 is 9.62 Å². The molecule has 2 amide bonds. The quantitative estimate of drug-likeness (QED) is 0.158. The van der Waals surface area contributed by atoms with Crippen molar-refractivity contribution in [3.05, 3.63) is 131 Å². The smallest absolute Gasteiger partial charge is 0.264 e. The molecule has 0 spiro atoms. The fraction of sp³-hybridized carbons (Fsp3) is 0.316. The Bertz CT molecular complexity index is 1740. The zero-order valence-corrected chi connectivity index (χ0v) is 28.5. The normalized spacial score (nSPS) is 12.7. The molecule has 0 fully saturated rings. The number of sulfonamides is 1. The van der Waals surface area contributed by atoms with Crippen molar-refractivity contribution in [1.29, 1.82) is 0 Å². The van der Waals surface area contributed by atoms with Gasteiger partial charge in [-0.25, -0.2) is 12.8 Å². The molecule has 47 heavy (non-hydrogen) atoms. The molecule has 9 heteroatoms. The van der Waals surface area contributed by atoms with Crippen LogP contribution in [0.25, 0.3) is 0 Å². The van der Waals surface area contributed by atoms with Crippen molar-refractivity contribution in [2.24, 2.45) is 0 Å². The fourth-order valence-corrected chi connectivity index (χ4v) is 6.61. The summed E-state index contributed by atoms with van der Waals surface area (Å²) in [5, 5.41) is 2.99. The zero-order chi connectivity index (χ0) is 34.1. The van der Waals surface area contributed by atoms with Crippen LogP contribution in [0.4, 0.5) is 10.1 Å². The van der Waals surface area contributed by atoms with Crippen LogP contribution in [-0.4, -0.2) is 43.8 Å². The third-order valence-corrected chi connectivity index (χ3v) is 10.1. The van der Waals surface area contributed by atoms with Gasteiger partial charge < -0.3 is 10.2 Å². The largest absolute Gasteiger partial charge is 0.352 e. The molecule has 0 aliphatic carbocycles. The van der Waals surface area contributed by atoms with Crippen molar-refractivity contribution < 1.29 is 22.4 Å². The lowest BCUT2D eigenvalue weighted by atomic mass is 10.0. The van der Waals surface area contributed by atoms with Crippen LogP contribution in [0.15, 0.2) is 108 Å². The molecule has 0 radical (unpaired) electrons. The molecule has 0 bridgehead atoms. The molecule has 4 aromatic carbocycles. The first-order valence-electron chi connectivity index (χ1n) is 16.0. The third kappa shape index (κ3) is 9.07. The summed E-state index contributed by atoms with van der Waals surface area (Å²) < 4.78 is 44.6. The Kier molecular flexibility index (Phi) is 11.9. The predicted molar refractivity (Wildman–Crippen MR) is 185 cm³/mol. The van der Waals surface area contributed by atoms with E-state index in [0.717, 1.165) is 21.0 Å². The van der Waals surface area contributed by atoms with E-state index in [-0.39, 0.29) is 35.4 Å². The number of aryl methyl sites for hydroxylation is 1. The predicted octanol–water partition coefficient (Wildman–Crippen LogP) is 7.01. The first-order valence-corrected chi connectivity index (χ1v) is 17.4. The zero-order valence-electron chi connectivity index (χ0n) is 27.7. The average molecular weight is 658 g/mol. The molecule has 2 atom stereocenters. The number of anilines is 1. The van der Waals surface area contributed by atoms with E-state index in [1.165, 1.54) is 23.1 Å². The molecule has 7 nitrogen and oxygen atoms in total. The van der Waals surface area contributed by atoms with Crippen molar-refractivity contribution in [3.63, 3.8) is 0 Å². The van der Waals surface area contributed by atoms with E-state index in [1.807, 2.05) is 77.1 Å². The molecule has 1 N–H and O–H groups in total. The van der Waals surface area contributed by atoms with Crippen molar-refractivity contribution in [1.82, 2.24) is 10.2 Å². The number of halogens is 1. The summed E-state index contributed by atoms with van der Waals surface area (Å²) >= 11 is 0. The van der Waals surface area contributed by atoms with Crippen LogP contribution >= 0.6 is 0 Å². The van der Waals surface area contributed by atoms with Crippen LogP contribution in [-0.2, 0) is 32.6 Å². The molecule has 0 unspecified atom stereocenters. The van der Waals surface area contributed by atoms with Gasteiger partial charge >= 0.3 is 0 Å². The molecule has 0 saturated heterocycles. The van der Waals surface area contributed by atoms with Gasteiger partial charge in [-0.05, 0) is 67.6 Å². The molecule has 248 valence electrons.